The minimum Gasteiger partial charge on any atom is -0.493 e. The van der Waals surface area contributed by atoms with E-state index in [1.54, 1.807) is 30.3 Å². The van der Waals surface area contributed by atoms with Crippen LogP contribution in [0.1, 0.15) is 25.0 Å². The minimum absolute atomic E-state index is 0.224. The second kappa shape index (κ2) is 10.7. The molecule has 1 aliphatic rings. The molecule has 1 saturated heterocycles. The fourth-order valence-corrected chi connectivity index (χ4v) is 4.30. The number of rotatable bonds is 8. The summed E-state index contributed by atoms with van der Waals surface area (Å²) in [4.78, 5) is 38.7. The van der Waals surface area contributed by atoms with Crippen LogP contribution in [0.25, 0.3) is 6.08 Å². The fourth-order valence-electron chi connectivity index (χ4n) is 3.03. The lowest BCUT2D eigenvalue weighted by Gasteiger charge is -2.13. The average molecular weight is 519 g/mol. The first kappa shape index (κ1) is 23.9. The monoisotopic (exact) mass is 518 g/mol. The third kappa shape index (κ3) is 5.52. The molecular formula is C23H23BrN2O5S. The minimum atomic E-state index is -0.517. The SMILES string of the molecule is CCOc1cc(Br)c(/C=C2\SC(=O)N(CC(=O)Nc3ccc(CC)cc3)C2=O)cc1OC. The first-order valence-corrected chi connectivity index (χ1v) is 11.6. The average Bonchev–Trinajstić information content (AvgIpc) is 3.03. The second-order valence-electron chi connectivity index (χ2n) is 6.82. The van der Waals surface area contributed by atoms with Gasteiger partial charge in [0.15, 0.2) is 11.5 Å². The molecule has 1 heterocycles. The van der Waals surface area contributed by atoms with Gasteiger partial charge in [-0.2, -0.15) is 0 Å². The zero-order chi connectivity index (χ0) is 23.3. The topological polar surface area (TPSA) is 84.9 Å². The number of carbonyl (C=O) groups excluding carboxylic acids is 3. The summed E-state index contributed by atoms with van der Waals surface area (Å²) in [6.07, 6.45) is 2.49. The lowest BCUT2D eigenvalue weighted by Crippen LogP contribution is -2.36. The van der Waals surface area contributed by atoms with Gasteiger partial charge in [0.1, 0.15) is 6.54 Å². The third-order valence-corrected chi connectivity index (χ3v) is 6.28. The van der Waals surface area contributed by atoms with E-state index >= 15 is 0 Å². The van der Waals surface area contributed by atoms with Crippen LogP contribution in [0.3, 0.4) is 0 Å². The Morgan fingerprint density at radius 2 is 1.88 bits per heavy atom. The van der Waals surface area contributed by atoms with Gasteiger partial charge in [0.05, 0.1) is 18.6 Å². The molecule has 2 aromatic carbocycles. The fraction of sp³-hybridized carbons (Fsp3) is 0.261. The van der Waals surface area contributed by atoms with Crippen LogP contribution in [-0.2, 0) is 16.0 Å². The van der Waals surface area contributed by atoms with Gasteiger partial charge in [-0.05, 0) is 66.6 Å². The Morgan fingerprint density at radius 1 is 1.16 bits per heavy atom. The number of nitrogens with one attached hydrogen (secondary N) is 1. The highest BCUT2D eigenvalue weighted by Gasteiger charge is 2.36. The van der Waals surface area contributed by atoms with Gasteiger partial charge in [-0.1, -0.05) is 35.0 Å². The summed E-state index contributed by atoms with van der Waals surface area (Å²) in [7, 11) is 1.53. The first-order valence-electron chi connectivity index (χ1n) is 10.0. The Kier molecular flexibility index (Phi) is 7.98. The van der Waals surface area contributed by atoms with Gasteiger partial charge < -0.3 is 14.8 Å². The van der Waals surface area contributed by atoms with Crippen LogP contribution >= 0.6 is 27.7 Å². The standard InChI is InChI=1S/C23H23BrN2O5S/c1-4-14-6-8-16(9-7-14)25-21(27)13-26-22(28)20(32-23(26)29)11-15-10-18(30-3)19(31-5-2)12-17(15)24/h6-12H,4-5,13H2,1-3H3,(H,25,27)/b20-11-. The highest BCUT2D eigenvalue weighted by Crippen LogP contribution is 2.38. The van der Waals surface area contributed by atoms with Gasteiger partial charge in [-0.25, -0.2) is 0 Å². The summed E-state index contributed by atoms with van der Waals surface area (Å²) >= 11 is 4.25. The number of ether oxygens (including phenoxy) is 2. The number of thioether (sulfide) groups is 1. The second-order valence-corrected chi connectivity index (χ2v) is 8.67. The number of benzene rings is 2. The molecule has 9 heteroatoms. The number of amides is 3. The molecule has 7 nitrogen and oxygen atoms in total. The molecule has 0 bridgehead atoms. The Bertz CT molecular complexity index is 1070. The lowest BCUT2D eigenvalue weighted by molar-refractivity contribution is -0.127. The molecule has 168 valence electrons. The highest BCUT2D eigenvalue weighted by atomic mass is 79.9. The third-order valence-electron chi connectivity index (χ3n) is 4.69. The van der Waals surface area contributed by atoms with E-state index in [9.17, 15) is 14.4 Å². The van der Waals surface area contributed by atoms with Crippen molar-refractivity contribution >= 4 is 56.5 Å². The van der Waals surface area contributed by atoms with Crippen molar-refractivity contribution in [3.05, 3.63) is 56.9 Å². The molecule has 0 aliphatic carbocycles. The summed E-state index contributed by atoms with van der Waals surface area (Å²) in [5.41, 5.74) is 2.41. The predicted molar refractivity (Wildman–Crippen MR) is 129 cm³/mol. The zero-order valence-electron chi connectivity index (χ0n) is 17.9. The number of aryl methyl sites for hydroxylation is 1. The normalized spacial score (nSPS) is 14.8. The molecule has 0 atom stereocenters. The number of halogens is 1. The number of carbonyl (C=O) groups is 3. The van der Waals surface area contributed by atoms with E-state index < -0.39 is 17.1 Å². The Morgan fingerprint density at radius 3 is 2.50 bits per heavy atom. The van der Waals surface area contributed by atoms with Crippen molar-refractivity contribution in [2.24, 2.45) is 0 Å². The van der Waals surface area contributed by atoms with E-state index in [2.05, 4.69) is 21.2 Å². The van der Waals surface area contributed by atoms with E-state index in [1.165, 1.54) is 7.11 Å². The maximum Gasteiger partial charge on any atom is 0.294 e. The highest BCUT2D eigenvalue weighted by molar-refractivity contribution is 9.10. The molecule has 0 saturated carbocycles. The molecule has 1 fully saturated rings. The van der Waals surface area contributed by atoms with Crippen molar-refractivity contribution in [1.29, 1.82) is 0 Å². The van der Waals surface area contributed by atoms with Gasteiger partial charge in [-0.3, -0.25) is 19.3 Å². The van der Waals surface area contributed by atoms with Gasteiger partial charge in [0.25, 0.3) is 11.1 Å². The van der Waals surface area contributed by atoms with E-state index in [-0.39, 0.29) is 11.4 Å². The maximum absolute atomic E-state index is 12.8. The molecule has 3 rings (SSSR count). The number of imide groups is 1. The van der Waals surface area contributed by atoms with Crippen LogP contribution in [0.2, 0.25) is 0 Å². The van der Waals surface area contributed by atoms with Gasteiger partial charge >= 0.3 is 0 Å². The number of methoxy groups -OCH3 is 1. The van der Waals surface area contributed by atoms with E-state index in [0.717, 1.165) is 28.6 Å². The number of anilines is 1. The first-order chi connectivity index (χ1) is 15.4. The quantitative estimate of drug-likeness (QED) is 0.489. The maximum atomic E-state index is 12.8. The number of nitrogens with zero attached hydrogens (tertiary/aromatic N) is 1. The molecular weight excluding hydrogens is 496 g/mol. The van der Waals surface area contributed by atoms with Crippen LogP contribution in [0.4, 0.5) is 10.5 Å². The molecule has 0 aromatic heterocycles. The molecule has 3 amide bonds. The van der Waals surface area contributed by atoms with Crippen molar-refractivity contribution in [2.75, 3.05) is 25.6 Å². The molecule has 0 radical (unpaired) electrons. The Balaban J connectivity index is 1.73. The van der Waals surface area contributed by atoms with Crippen molar-refractivity contribution in [2.45, 2.75) is 20.3 Å². The summed E-state index contributed by atoms with van der Waals surface area (Å²) < 4.78 is 11.6. The lowest BCUT2D eigenvalue weighted by atomic mass is 10.1. The summed E-state index contributed by atoms with van der Waals surface area (Å²) in [6.45, 7) is 4.04. The predicted octanol–water partition coefficient (Wildman–Crippen LogP) is 5.09. The molecule has 1 N–H and O–H groups in total. The van der Waals surface area contributed by atoms with Crippen LogP contribution in [0, 0.1) is 0 Å². The zero-order valence-corrected chi connectivity index (χ0v) is 20.3. The largest absolute Gasteiger partial charge is 0.493 e. The van der Waals surface area contributed by atoms with Crippen molar-refractivity contribution in [3.8, 4) is 11.5 Å². The summed E-state index contributed by atoms with van der Waals surface area (Å²) in [5, 5.41) is 2.22. The van der Waals surface area contributed by atoms with Crippen molar-refractivity contribution < 1.29 is 23.9 Å². The van der Waals surface area contributed by atoms with Crippen molar-refractivity contribution in [3.63, 3.8) is 0 Å². The molecule has 1 aliphatic heterocycles. The number of hydrogen-bond acceptors (Lipinski definition) is 6. The molecule has 0 spiro atoms. The van der Waals surface area contributed by atoms with Gasteiger partial charge in [0, 0.05) is 10.2 Å². The number of hydrogen-bond donors (Lipinski definition) is 1. The summed E-state index contributed by atoms with van der Waals surface area (Å²) in [5.74, 6) is 0.114. The molecule has 2 aromatic rings. The van der Waals surface area contributed by atoms with E-state index in [4.69, 9.17) is 9.47 Å². The Hall–Kier alpha value is -2.78. The molecule has 0 unspecified atom stereocenters. The van der Waals surface area contributed by atoms with Crippen LogP contribution in [0.5, 0.6) is 11.5 Å². The van der Waals surface area contributed by atoms with Gasteiger partial charge in [-0.15, -0.1) is 0 Å². The summed E-state index contributed by atoms with van der Waals surface area (Å²) in [6, 6.07) is 10.9. The van der Waals surface area contributed by atoms with E-state index in [1.807, 2.05) is 26.0 Å². The van der Waals surface area contributed by atoms with Gasteiger partial charge in [0.2, 0.25) is 5.91 Å². The van der Waals surface area contributed by atoms with E-state index in [0.29, 0.717) is 33.8 Å². The molecule has 32 heavy (non-hydrogen) atoms. The Labute approximate surface area is 199 Å². The van der Waals surface area contributed by atoms with Crippen LogP contribution in [0.15, 0.2) is 45.8 Å². The van der Waals surface area contributed by atoms with Crippen LogP contribution in [-0.4, -0.2) is 42.2 Å². The smallest absolute Gasteiger partial charge is 0.294 e. The van der Waals surface area contributed by atoms with Crippen LogP contribution < -0.4 is 14.8 Å². The van der Waals surface area contributed by atoms with Crippen molar-refractivity contribution in [1.82, 2.24) is 4.90 Å².